The molecule has 1 aliphatic rings. The van der Waals surface area contributed by atoms with Crippen LogP contribution in [0, 0.1) is 0 Å². The number of hydrogen-bond acceptors (Lipinski definition) is 3. The topological polar surface area (TPSA) is 35.2 Å². The van der Waals surface area contributed by atoms with Crippen LogP contribution in [0.25, 0.3) is 0 Å². The van der Waals surface area contributed by atoms with Crippen LogP contribution in [0.15, 0.2) is 27.6 Å². The number of thioether (sulfide) groups is 1. The molecule has 3 atom stereocenters. The zero-order valence-corrected chi connectivity index (χ0v) is 13.3. The number of halogens is 1. The molecule has 0 aliphatic carbocycles. The van der Waals surface area contributed by atoms with Gasteiger partial charge in [-0.25, -0.2) is 0 Å². The second-order valence-corrected chi connectivity index (χ2v) is 7.15. The maximum atomic E-state index is 5.93. The second-order valence-electron chi connectivity index (χ2n) is 4.95. The molecular formula is C14H20BrNOS. The summed E-state index contributed by atoms with van der Waals surface area (Å²) in [6, 6.07) is 6.67. The van der Waals surface area contributed by atoms with Crippen molar-refractivity contribution in [3.05, 3.63) is 28.2 Å². The summed E-state index contributed by atoms with van der Waals surface area (Å²) in [4.78, 5) is 1.35. The van der Waals surface area contributed by atoms with Crippen LogP contribution in [0.3, 0.4) is 0 Å². The monoisotopic (exact) mass is 329 g/mol. The van der Waals surface area contributed by atoms with Crippen LogP contribution in [0.4, 0.5) is 0 Å². The van der Waals surface area contributed by atoms with Crippen molar-refractivity contribution < 1.29 is 4.74 Å². The molecule has 0 amide bonds. The fourth-order valence-electron chi connectivity index (χ4n) is 2.20. The Labute approximate surface area is 122 Å². The molecule has 18 heavy (non-hydrogen) atoms. The summed E-state index contributed by atoms with van der Waals surface area (Å²) in [5.41, 5.74) is 7.27. The number of hydrogen-bond donors (Lipinski definition) is 1. The Balaban J connectivity index is 2.15. The Morgan fingerprint density at radius 1 is 1.56 bits per heavy atom. The fourth-order valence-corrected chi connectivity index (χ4v) is 3.86. The highest BCUT2D eigenvalue weighted by Gasteiger charge is 2.25. The molecule has 1 aromatic carbocycles. The lowest BCUT2D eigenvalue weighted by Crippen LogP contribution is -2.19. The first-order valence-electron chi connectivity index (χ1n) is 6.38. The molecule has 0 radical (unpaired) electrons. The Hall–Kier alpha value is -0.0300. The zero-order chi connectivity index (χ0) is 13.1. The van der Waals surface area contributed by atoms with E-state index in [4.69, 9.17) is 10.5 Å². The summed E-state index contributed by atoms with van der Waals surface area (Å²) in [6.45, 7) is 5.10. The molecule has 2 rings (SSSR count). The van der Waals surface area contributed by atoms with Gasteiger partial charge in [0.25, 0.3) is 0 Å². The van der Waals surface area contributed by atoms with Gasteiger partial charge < -0.3 is 10.5 Å². The molecule has 2 N–H and O–H groups in total. The summed E-state index contributed by atoms with van der Waals surface area (Å²) >= 11 is 5.47. The molecule has 1 saturated heterocycles. The van der Waals surface area contributed by atoms with Gasteiger partial charge in [0.15, 0.2) is 0 Å². The predicted octanol–water partition coefficient (Wildman–Crippen LogP) is 3.61. The van der Waals surface area contributed by atoms with E-state index in [9.17, 15) is 0 Å². The molecule has 3 unspecified atom stereocenters. The van der Waals surface area contributed by atoms with E-state index >= 15 is 0 Å². The molecule has 100 valence electrons. The van der Waals surface area contributed by atoms with Crippen molar-refractivity contribution in [1.82, 2.24) is 0 Å². The standard InChI is InChI=1S/C14H20BrNOS/c1-9(16)7-11-8-12(15)3-4-14(11)18-13-5-6-17-10(13)2/h3-4,8-10,13H,5-7,16H2,1-2H3. The van der Waals surface area contributed by atoms with E-state index < -0.39 is 0 Å². The number of nitrogens with two attached hydrogens (primary N) is 1. The number of benzene rings is 1. The Morgan fingerprint density at radius 3 is 2.94 bits per heavy atom. The van der Waals surface area contributed by atoms with Gasteiger partial charge in [-0.2, -0.15) is 0 Å². The quantitative estimate of drug-likeness (QED) is 0.916. The largest absolute Gasteiger partial charge is 0.377 e. The minimum Gasteiger partial charge on any atom is -0.377 e. The first kappa shape index (κ1) is 14.4. The van der Waals surface area contributed by atoms with Crippen LogP contribution in [0.2, 0.25) is 0 Å². The average molecular weight is 330 g/mol. The van der Waals surface area contributed by atoms with Gasteiger partial charge in [-0.1, -0.05) is 15.9 Å². The van der Waals surface area contributed by atoms with Crippen LogP contribution in [0.5, 0.6) is 0 Å². The Morgan fingerprint density at radius 2 is 2.33 bits per heavy atom. The van der Waals surface area contributed by atoms with Gasteiger partial charge >= 0.3 is 0 Å². The maximum absolute atomic E-state index is 5.93. The summed E-state index contributed by atoms with van der Waals surface area (Å²) in [5, 5.41) is 0.568. The van der Waals surface area contributed by atoms with Crippen molar-refractivity contribution in [2.75, 3.05) is 6.61 Å². The fraction of sp³-hybridized carbons (Fsp3) is 0.571. The van der Waals surface area contributed by atoms with Gasteiger partial charge in [0.1, 0.15) is 0 Å². The smallest absolute Gasteiger partial charge is 0.0669 e. The lowest BCUT2D eigenvalue weighted by atomic mass is 10.1. The summed E-state index contributed by atoms with van der Waals surface area (Å²) in [6.07, 6.45) is 2.41. The summed E-state index contributed by atoms with van der Waals surface area (Å²) in [7, 11) is 0. The van der Waals surface area contributed by atoms with E-state index in [0.29, 0.717) is 11.4 Å². The van der Waals surface area contributed by atoms with Crippen LogP contribution in [-0.2, 0) is 11.2 Å². The van der Waals surface area contributed by atoms with Crippen molar-refractivity contribution in [1.29, 1.82) is 0 Å². The Kier molecular flexibility index (Phi) is 5.13. The van der Waals surface area contributed by atoms with Crippen LogP contribution < -0.4 is 5.73 Å². The zero-order valence-electron chi connectivity index (χ0n) is 10.9. The highest BCUT2D eigenvalue weighted by atomic mass is 79.9. The average Bonchev–Trinajstić information content (AvgIpc) is 2.67. The third-order valence-electron chi connectivity index (χ3n) is 3.15. The minimum absolute atomic E-state index is 0.191. The summed E-state index contributed by atoms with van der Waals surface area (Å²) < 4.78 is 6.75. The van der Waals surface area contributed by atoms with E-state index in [1.165, 1.54) is 10.5 Å². The lowest BCUT2D eigenvalue weighted by molar-refractivity contribution is 0.127. The van der Waals surface area contributed by atoms with Crippen molar-refractivity contribution in [2.45, 2.75) is 49.0 Å². The van der Waals surface area contributed by atoms with E-state index in [1.54, 1.807) is 0 Å². The van der Waals surface area contributed by atoms with Gasteiger partial charge in [0, 0.05) is 27.3 Å². The van der Waals surface area contributed by atoms with Crippen molar-refractivity contribution >= 4 is 27.7 Å². The van der Waals surface area contributed by atoms with Gasteiger partial charge in [-0.3, -0.25) is 0 Å². The van der Waals surface area contributed by atoms with Crippen LogP contribution in [-0.4, -0.2) is 24.0 Å². The molecule has 1 fully saturated rings. The Bertz CT molecular complexity index is 411. The molecule has 2 nitrogen and oxygen atoms in total. The second kappa shape index (κ2) is 6.42. The van der Waals surface area contributed by atoms with Crippen molar-refractivity contribution in [3.63, 3.8) is 0 Å². The van der Waals surface area contributed by atoms with E-state index in [-0.39, 0.29) is 6.04 Å². The van der Waals surface area contributed by atoms with E-state index in [2.05, 4.69) is 48.0 Å². The molecule has 0 bridgehead atoms. The van der Waals surface area contributed by atoms with E-state index in [1.807, 2.05) is 11.8 Å². The number of rotatable bonds is 4. The predicted molar refractivity (Wildman–Crippen MR) is 81.2 cm³/mol. The van der Waals surface area contributed by atoms with Gasteiger partial charge in [-0.05, 0) is 50.5 Å². The van der Waals surface area contributed by atoms with Crippen molar-refractivity contribution in [2.24, 2.45) is 5.73 Å². The first-order valence-corrected chi connectivity index (χ1v) is 8.06. The third-order valence-corrected chi connectivity index (χ3v) is 5.22. The van der Waals surface area contributed by atoms with Crippen LogP contribution in [0.1, 0.15) is 25.8 Å². The number of ether oxygens (including phenoxy) is 1. The molecule has 1 aliphatic heterocycles. The molecule has 1 heterocycles. The maximum Gasteiger partial charge on any atom is 0.0669 e. The van der Waals surface area contributed by atoms with Gasteiger partial charge in [-0.15, -0.1) is 11.8 Å². The third kappa shape index (κ3) is 3.73. The van der Waals surface area contributed by atoms with Gasteiger partial charge in [0.05, 0.1) is 6.10 Å². The summed E-state index contributed by atoms with van der Waals surface area (Å²) in [5.74, 6) is 0. The highest BCUT2D eigenvalue weighted by Crippen LogP contribution is 2.35. The van der Waals surface area contributed by atoms with E-state index in [0.717, 1.165) is 23.9 Å². The highest BCUT2D eigenvalue weighted by molar-refractivity contribution is 9.10. The molecule has 0 aromatic heterocycles. The SMILES string of the molecule is CC(N)Cc1cc(Br)ccc1SC1CCOC1C. The normalized spacial score (nSPS) is 25.3. The van der Waals surface area contributed by atoms with Crippen LogP contribution >= 0.6 is 27.7 Å². The molecular weight excluding hydrogens is 310 g/mol. The molecule has 1 aromatic rings. The van der Waals surface area contributed by atoms with Gasteiger partial charge in [0.2, 0.25) is 0 Å². The first-order chi connectivity index (χ1) is 8.56. The molecule has 0 spiro atoms. The molecule has 4 heteroatoms. The molecule has 0 saturated carbocycles. The lowest BCUT2D eigenvalue weighted by Gasteiger charge is -2.17. The minimum atomic E-state index is 0.191. The van der Waals surface area contributed by atoms with Crippen molar-refractivity contribution in [3.8, 4) is 0 Å².